The molecule has 15 heavy (non-hydrogen) atoms. The lowest BCUT2D eigenvalue weighted by molar-refractivity contribution is 0.932. The molecule has 0 radical (unpaired) electrons. The van der Waals surface area contributed by atoms with Crippen LogP contribution in [0.2, 0.25) is 0 Å². The summed E-state index contributed by atoms with van der Waals surface area (Å²) in [6.07, 6.45) is 2.12. The molecule has 1 aromatic carbocycles. The van der Waals surface area contributed by atoms with Gasteiger partial charge in [0.1, 0.15) is 0 Å². The molecule has 1 heterocycles. The van der Waals surface area contributed by atoms with Gasteiger partial charge in [0.25, 0.3) is 0 Å². The molecule has 2 rings (SSSR count). The second-order valence-electron chi connectivity index (χ2n) is 3.49. The zero-order valence-corrected chi connectivity index (χ0v) is 9.84. The van der Waals surface area contributed by atoms with Gasteiger partial charge in [-0.3, -0.25) is 0 Å². The summed E-state index contributed by atoms with van der Waals surface area (Å²) in [6.45, 7) is 1.01. The molecule has 0 atom stereocenters. The first-order chi connectivity index (χ1) is 7.31. The summed E-state index contributed by atoms with van der Waals surface area (Å²) in [5.74, 6) is 2.07. The predicted molar refractivity (Wildman–Crippen MR) is 67.7 cm³/mol. The van der Waals surface area contributed by atoms with Gasteiger partial charge in [0.2, 0.25) is 5.95 Å². The van der Waals surface area contributed by atoms with Gasteiger partial charge in [-0.15, -0.1) is 0 Å². The van der Waals surface area contributed by atoms with Gasteiger partial charge in [0.05, 0.1) is 11.0 Å². The molecule has 1 N–H and O–H groups in total. The van der Waals surface area contributed by atoms with E-state index in [2.05, 4.69) is 28.2 Å². The molecule has 0 aliphatic heterocycles. The van der Waals surface area contributed by atoms with Crippen LogP contribution in [0, 0.1) is 0 Å². The lowest BCUT2D eigenvalue weighted by Gasteiger charge is -2.14. The molecule has 0 amide bonds. The summed E-state index contributed by atoms with van der Waals surface area (Å²) in [5.41, 5.74) is 2.13. The van der Waals surface area contributed by atoms with Crippen molar-refractivity contribution in [2.75, 3.05) is 30.5 Å². The summed E-state index contributed by atoms with van der Waals surface area (Å²) >= 11 is 1.85. The molecule has 80 valence electrons. The van der Waals surface area contributed by atoms with Crippen LogP contribution in [0.1, 0.15) is 0 Å². The Morgan fingerprint density at radius 2 is 2.20 bits per heavy atom. The van der Waals surface area contributed by atoms with Crippen molar-refractivity contribution in [3.05, 3.63) is 24.3 Å². The number of nitrogens with one attached hydrogen (secondary N) is 1. The van der Waals surface area contributed by atoms with Crippen LogP contribution in [0.25, 0.3) is 11.0 Å². The maximum absolute atomic E-state index is 4.53. The van der Waals surface area contributed by atoms with E-state index >= 15 is 0 Å². The van der Waals surface area contributed by atoms with Gasteiger partial charge < -0.3 is 9.88 Å². The first-order valence-corrected chi connectivity index (χ1v) is 6.35. The summed E-state index contributed by atoms with van der Waals surface area (Å²) in [4.78, 5) is 9.99. The van der Waals surface area contributed by atoms with Crippen LogP contribution in [-0.4, -0.2) is 35.6 Å². The number of para-hydroxylation sites is 2. The Morgan fingerprint density at radius 1 is 1.40 bits per heavy atom. The molecule has 0 aliphatic rings. The molecule has 0 unspecified atom stereocenters. The minimum absolute atomic E-state index is 0.949. The van der Waals surface area contributed by atoms with E-state index in [0.29, 0.717) is 0 Å². The fourth-order valence-electron chi connectivity index (χ4n) is 1.45. The molecule has 0 bridgehead atoms. The van der Waals surface area contributed by atoms with Gasteiger partial charge in [-0.25, -0.2) is 4.98 Å². The maximum atomic E-state index is 4.53. The molecular formula is C11H15N3S. The molecule has 0 saturated heterocycles. The van der Waals surface area contributed by atoms with Gasteiger partial charge >= 0.3 is 0 Å². The fraction of sp³-hybridized carbons (Fsp3) is 0.364. The molecule has 2 aromatic rings. The Bertz CT molecular complexity index is 405. The van der Waals surface area contributed by atoms with E-state index in [9.17, 15) is 0 Å². The van der Waals surface area contributed by atoms with Crippen molar-refractivity contribution in [2.24, 2.45) is 0 Å². The van der Waals surface area contributed by atoms with E-state index < -0.39 is 0 Å². The lowest BCUT2D eigenvalue weighted by atomic mass is 10.3. The van der Waals surface area contributed by atoms with E-state index in [1.807, 2.05) is 36.0 Å². The number of hydrogen-bond acceptors (Lipinski definition) is 3. The highest BCUT2D eigenvalue weighted by molar-refractivity contribution is 7.98. The number of rotatable bonds is 4. The standard InChI is InChI=1S/C11H15N3S/c1-14(7-8-15-2)11-12-9-5-3-4-6-10(9)13-11/h3-6H,7-8H2,1-2H3,(H,12,13). The summed E-state index contributed by atoms with van der Waals surface area (Å²) in [7, 11) is 2.06. The highest BCUT2D eigenvalue weighted by Crippen LogP contribution is 2.15. The summed E-state index contributed by atoms with van der Waals surface area (Å²) in [6, 6.07) is 8.10. The molecule has 0 saturated carbocycles. The van der Waals surface area contributed by atoms with Crippen LogP contribution < -0.4 is 4.90 Å². The van der Waals surface area contributed by atoms with Gasteiger partial charge in [0, 0.05) is 19.3 Å². The van der Waals surface area contributed by atoms with Crippen LogP contribution in [-0.2, 0) is 0 Å². The highest BCUT2D eigenvalue weighted by atomic mass is 32.2. The normalized spacial score (nSPS) is 10.8. The third-order valence-corrected chi connectivity index (χ3v) is 2.96. The van der Waals surface area contributed by atoms with Gasteiger partial charge in [0.15, 0.2) is 0 Å². The maximum Gasteiger partial charge on any atom is 0.203 e. The van der Waals surface area contributed by atoms with Crippen molar-refractivity contribution in [1.82, 2.24) is 9.97 Å². The van der Waals surface area contributed by atoms with Crippen LogP contribution >= 0.6 is 11.8 Å². The van der Waals surface area contributed by atoms with Crippen molar-refractivity contribution in [3.8, 4) is 0 Å². The van der Waals surface area contributed by atoms with Crippen LogP contribution in [0.15, 0.2) is 24.3 Å². The number of H-pyrrole nitrogens is 1. The van der Waals surface area contributed by atoms with Gasteiger partial charge in [-0.1, -0.05) is 12.1 Å². The van der Waals surface area contributed by atoms with E-state index in [-0.39, 0.29) is 0 Å². The monoisotopic (exact) mass is 221 g/mol. The third kappa shape index (κ3) is 2.26. The molecule has 0 fully saturated rings. The number of benzene rings is 1. The van der Waals surface area contributed by atoms with Crippen LogP contribution in [0.5, 0.6) is 0 Å². The fourth-order valence-corrected chi connectivity index (χ4v) is 1.91. The van der Waals surface area contributed by atoms with E-state index in [1.54, 1.807) is 0 Å². The van der Waals surface area contributed by atoms with Gasteiger partial charge in [-0.05, 0) is 18.4 Å². The predicted octanol–water partition coefficient (Wildman–Crippen LogP) is 2.36. The van der Waals surface area contributed by atoms with Crippen molar-refractivity contribution in [2.45, 2.75) is 0 Å². The topological polar surface area (TPSA) is 31.9 Å². The molecule has 0 aliphatic carbocycles. The molecule has 1 aromatic heterocycles. The average molecular weight is 221 g/mol. The van der Waals surface area contributed by atoms with E-state index in [1.165, 1.54) is 0 Å². The van der Waals surface area contributed by atoms with Crippen LogP contribution in [0.3, 0.4) is 0 Å². The van der Waals surface area contributed by atoms with Crippen molar-refractivity contribution in [1.29, 1.82) is 0 Å². The summed E-state index contributed by atoms with van der Waals surface area (Å²) in [5, 5.41) is 0. The number of anilines is 1. The zero-order chi connectivity index (χ0) is 10.7. The summed E-state index contributed by atoms with van der Waals surface area (Å²) < 4.78 is 0. The number of aromatic nitrogens is 2. The Hall–Kier alpha value is -1.16. The zero-order valence-electron chi connectivity index (χ0n) is 9.03. The molecule has 0 spiro atoms. The van der Waals surface area contributed by atoms with Crippen molar-refractivity contribution in [3.63, 3.8) is 0 Å². The van der Waals surface area contributed by atoms with Crippen molar-refractivity contribution >= 4 is 28.7 Å². The van der Waals surface area contributed by atoms with Crippen molar-refractivity contribution < 1.29 is 0 Å². The Balaban J connectivity index is 2.20. The number of aromatic amines is 1. The minimum Gasteiger partial charge on any atom is -0.345 e. The van der Waals surface area contributed by atoms with Crippen LogP contribution in [0.4, 0.5) is 5.95 Å². The first-order valence-electron chi connectivity index (χ1n) is 4.96. The Kier molecular flexibility index (Phi) is 3.16. The van der Waals surface area contributed by atoms with Gasteiger partial charge in [-0.2, -0.15) is 11.8 Å². The van der Waals surface area contributed by atoms with E-state index in [0.717, 1.165) is 29.3 Å². The number of thioether (sulfide) groups is 1. The number of hydrogen-bond donors (Lipinski definition) is 1. The number of nitrogens with zero attached hydrogens (tertiary/aromatic N) is 2. The Labute approximate surface area is 93.9 Å². The third-order valence-electron chi connectivity index (χ3n) is 2.37. The number of fused-ring (bicyclic) bond motifs is 1. The second-order valence-corrected chi connectivity index (χ2v) is 4.48. The molecule has 3 nitrogen and oxygen atoms in total. The molecule has 4 heteroatoms. The number of imidazole rings is 1. The Morgan fingerprint density at radius 3 is 2.93 bits per heavy atom. The smallest absolute Gasteiger partial charge is 0.203 e. The van der Waals surface area contributed by atoms with E-state index in [4.69, 9.17) is 0 Å². The molecular weight excluding hydrogens is 206 g/mol. The largest absolute Gasteiger partial charge is 0.345 e. The average Bonchev–Trinajstić information content (AvgIpc) is 2.69. The lowest BCUT2D eigenvalue weighted by Crippen LogP contribution is -2.21. The highest BCUT2D eigenvalue weighted by Gasteiger charge is 2.05. The minimum atomic E-state index is 0.949. The SMILES string of the molecule is CSCCN(C)c1nc2ccccc2[nH]1. The second kappa shape index (κ2) is 4.57. The first kappa shape index (κ1) is 10.4. The quantitative estimate of drug-likeness (QED) is 0.860.